The fourth-order valence-electron chi connectivity index (χ4n) is 2.72. The predicted octanol–water partition coefficient (Wildman–Crippen LogP) is 3.64. The van der Waals surface area contributed by atoms with Crippen LogP contribution in [0, 0.1) is 13.8 Å². The van der Waals surface area contributed by atoms with Gasteiger partial charge < -0.3 is 19.2 Å². The molecule has 2 aromatic heterocycles. The quantitative estimate of drug-likeness (QED) is 0.676. The number of hydrogen-bond donors (Lipinski definition) is 1. The Balaban J connectivity index is 1.96. The van der Waals surface area contributed by atoms with Crippen molar-refractivity contribution in [3.63, 3.8) is 0 Å². The SMILES string of the molecule is CCOC(=O)c1c(C)oc2nc(C)nc(NCc3ccc(OC)cc3)c12. The third kappa shape index (κ3) is 3.46. The third-order valence-electron chi connectivity index (χ3n) is 3.94. The van der Waals surface area contributed by atoms with Gasteiger partial charge in [0.1, 0.15) is 28.7 Å². The summed E-state index contributed by atoms with van der Waals surface area (Å²) in [5.74, 6) is 1.92. The summed E-state index contributed by atoms with van der Waals surface area (Å²) >= 11 is 0. The van der Waals surface area contributed by atoms with Crippen molar-refractivity contribution in [3.05, 3.63) is 47.0 Å². The number of anilines is 1. The van der Waals surface area contributed by atoms with Gasteiger partial charge in [-0.2, -0.15) is 4.98 Å². The lowest BCUT2D eigenvalue weighted by atomic mass is 10.1. The van der Waals surface area contributed by atoms with Gasteiger partial charge in [-0.25, -0.2) is 9.78 Å². The maximum absolute atomic E-state index is 12.3. The van der Waals surface area contributed by atoms with Crippen LogP contribution in [0.15, 0.2) is 28.7 Å². The van der Waals surface area contributed by atoms with Gasteiger partial charge in [-0.15, -0.1) is 0 Å². The topological polar surface area (TPSA) is 86.5 Å². The number of aryl methyl sites for hydroxylation is 2. The molecule has 0 amide bonds. The highest BCUT2D eigenvalue weighted by atomic mass is 16.5. The molecule has 3 aromatic rings. The van der Waals surface area contributed by atoms with E-state index in [9.17, 15) is 4.79 Å². The average molecular weight is 355 g/mol. The van der Waals surface area contributed by atoms with Crippen LogP contribution in [0.3, 0.4) is 0 Å². The average Bonchev–Trinajstić information content (AvgIpc) is 2.96. The summed E-state index contributed by atoms with van der Waals surface area (Å²) in [6, 6.07) is 7.71. The maximum Gasteiger partial charge on any atom is 0.342 e. The number of ether oxygens (including phenoxy) is 2. The molecule has 0 bridgehead atoms. The number of nitrogens with zero attached hydrogens (tertiary/aromatic N) is 2. The lowest BCUT2D eigenvalue weighted by molar-refractivity contribution is 0.0526. The first-order valence-electron chi connectivity index (χ1n) is 8.35. The molecule has 0 spiro atoms. The lowest BCUT2D eigenvalue weighted by Gasteiger charge is -2.09. The molecule has 0 atom stereocenters. The van der Waals surface area contributed by atoms with Crippen molar-refractivity contribution in [2.24, 2.45) is 0 Å². The van der Waals surface area contributed by atoms with Crippen molar-refractivity contribution in [2.45, 2.75) is 27.3 Å². The molecule has 0 unspecified atom stereocenters. The minimum absolute atomic E-state index is 0.284. The molecule has 3 rings (SSSR count). The standard InChI is InChI=1S/C19H21N3O4/c1-5-25-19(23)15-11(2)26-18-16(15)17(21-12(3)22-18)20-10-13-6-8-14(24-4)9-7-13/h6-9H,5,10H2,1-4H3,(H,20,21,22). The summed E-state index contributed by atoms with van der Waals surface area (Å²) in [6.07, 6.45) is 0. The summed E-state index contributed by atoms with van der Waals surface area (Å²) < 4.78 is 16.0. The van der Waals surface area contributed by atoms with Crippen molar-refractivity contribution >= 4 is 22.9 Å². The Morgan fingerprint density at radius 3 is 2.58 bits per heavy atom. The second-order valence-electron chi connectivity index (χ2n) is 5.75. The summed E-state index contributed by atoms with van der Waals surface area (Å²) in [4.78, 5) is 21.1. The molecular formula is C19H21N3O4. The second-order valence-corrected chi connectivity index (χ2v) is 5.75. The zero-order chi connectivity index (χ0) is 18.7. The lowest BCUT2D eigenvalue weighted by Crippen LogP contribution is -2.08. The molecule has 1 aromatic carbocycles. The highest BCUT2D eigenvalue weighted by Crippen LogP contribution is 2.30. The number of rotatable bonds is 6. The third-order valence-corrected chi connectivity index (χ3v) is 3.94. The smallest absolute Gasteiger partial charge is 0.342 e. The van der Waals surface area contributed by atoms with Crippen LogP contribution < -0.4 is 10.1 Å². The molecule has 136 valence electrons. The minimum atomic E-state index is -0.441. The highest BCUT2D eigenvalue weighted by Gasteiger charge is 2.24. The Kier molecular flexibility index (Phi) is 5.06. The Morgan fingerprint density at radius 1 is 1.19 bits per heavy atom. The van der Waals surface area contributed by atoms with E-state index in [0.29, 0.717) is 40.6 Å². The maximum atomic E-state index is 12.3. The Hall–Kier alpha value is -3.09. The zero-order valence-corrected chi connectivity index (χ0v) is 15.3. The first kappa shape index (κ1) is 17.7. The van der Waals surface area contributed by atoms with Crippen LogP contribution in [0.2, 0.25) is 0 Å². The molecule has 0 saturated carbocycles. The fraction of sp³-hybridized carbons (Fsp3) is 0.316. The number of methoxy groups -OCH3 is 1. The molecular weight excluding hydrogens is 334 g/mol. The van der Waals surface area contributed by atoms with E-state index in [1.54, 1.807) is 27.9 Å². The summed E-state index contributed by atoms with van der Waals surface area (Å²) in [5, 5.41) is 3.81. The monoisotopic (exact) mass is 355 g/mol. The normalized spacial score (nSPS) is 10.8. The van der Waals surface area contributed by atoms with E-state index in [1.807, 2.05) is 24.3 Å². The number of benzene rings is 1. The van der Waals surface area contributed by atoms with E-state index in [-0.39, 0.29) is 6.61 Å². The Bertz CT molecular complexity index is 932. The van der Waals surface area contributed by atoms with Gasteiger partial charge in [-0.05, 0) is 38.5 Å². The number of nitrogens with one attached hydrogen (secondary N) is 1. The van der Waals surface area contributed by atoms with Gasteiger partial charge in [0.2, 0.25) is 5.71 Å². The van der Waals surface area contributed by atoms with Gasteiger partial charge in [0, 0.05) is 6.54 Å². The van der Waals surface area contributed by atoms with Gasteiger partial charge in [-0.1, -0.05) is 12.1 Å². The van der Waals surface area contributed by atoms with Crippen LogP contribution in [0.5, 0.6) is 5.75 Å². The van der Waals surface area contributed by atoms with Crippen LogP contribution >= 0.6 is 0 Å². The Labute approximate surface area is 151 Å². The zero-order valence-electron chi connectivity index (χ0n) is 15.3. The van der Waals surface area contributed by atoms with E-state index in [2.05, 4.69) is 15.3 Å². The van der Waals surface area contributed by atoms with E-state index in [0.717, 1.165) is 11.3 Å². The van der Waals surface area contributed by atoms with Crippen molar-refractivity contribution in [1.29, 1.82) is 0 Å². The van der Waals surface area contributed by atoms with E-state index in [4.69, 9.17) is 13.9 Å². The molecule has 0 aliphatic heterocycles. The number of carbonyl (C=O) groups excluding carboxylic acids is 1. The molecule has 2 heterocycles. The molecule has 0 saturated heterocycles. The molecule has 0 fully saturated rings. The number of aromatic nitrogens is 2. The molecule has 0 aliphatic carbocycles. The van der Waals surface area contributed by atoms with Crippen molar-refractivity contribution in [2.75, 3.05) is 19.0 Å². The number of carbonyl (C=O) groups is 1. The summed E-state index contributed by atoms with van der Waals surface area (Å²) in [6.45, 7) is 6.07. The number of esters is 1. The summed E-state index contributed by atoms with van der Waals surface area (Å²) in [7, 11) is 1.63. The molecule has 1 N–H and O–H groups in total. The van der Waals surface area contributed by atoms with Crippen LogP contribution in [0.4, 0.5) is 5.82 Å². The molecule has 0 radical (unpaired) electrons. The van der Waals surface area contributed by atoms with Gasteiger partial charge >= 0.3 is 5.97 Å². The predicted molar refractivity (Wildman–Crippen MR) is 97.6 cm³/mol. The van der Waals surface area contributed by atoms with Crippen LogP contribution in [0.25, 0.3) is 11.1 Å². The number of fused-ring (bicyclic) bond motifs is 1. The van der Waals surface area contributed by atoms with Gasteiger partial charge in [0.05, 0.1) is 19.1 Å². The molecule has 7 heteroatoms. The number of furan rings is 1. The first-order valence-corrected chi connectivity index (χ1v) is 8.35. The van der Waals surface area contributed by atoms with Crippen molar-refractivity contribution < 1.29 is 18.7 Å². The minimum Gasteiger partial charge on any atom is -0.497 e. The molecule has 7 nitrogen and oxygen atoms in total. The number of hydrogen-bond acceptors (Lipinski definition) is 7. The van der Waals surface area contributed by atoms with Crippen LogP contribution in [-0.4, -0.2) is 29.7 Å². The Morgan fingerprint density at radius 2 is 1.92 bits per heavy atom. The van der Waals surface area contributed by atoms with Gasteiger partial charge in [0.15, 0.2) is 0 Å². The fourth-order valence-corrected chi connectivity index (χ4v) is 2.72. The largest absolute Gasteiger partial charge is 0.497 e. The van der Waals surface area contributed by atoms with Gasteiger partial charge in [-0.3, -0.25) is 0 Å². The van der Waals surface area contributed by atoms with Crippen LogP contribution in [0.1, 0.15) is 34.4 Å². The second kappa shape index (κ2) is 7.43. The van der Waals surface area contributed by atoms with E-state index < -0.39 is 5.97 Å². The highest BCUT2D eigenvalue weighted by molar-refractivity contribution is 6.07. The van der Waals surface area contributed by atoms with Crippen molar-refractivity contribution in [3.8, 4) is 5.75 Å². The van der Waals surface area contributed by atoms with Crippen molar-refractivity contribution in [1.82, 2.24) is 9.97 Å². The van der Waals surface area contributed by atoms with Gasteiger partial charge in [0.25, 0.3) is 0 Å². The summed E-state index contributed by atoms with van der Waals surface area (Å²) in [5.41, 5.74) is 1.78. The van der Waals surface area contributed by atoms with E-state index in [1.165, 1.54) is 0 Å². The first-order chi connectivity index (χ1) is 12.5. The molecule has 0 aliphatic rings. The van der Waals surface area contributed by atoms with Crippen LogP contribution in [-0.2, 0) is 11.3 Å². The van der Waals surface area contributed by atoms with E-state index >= 15 is 0 Å². The molecule has 26 heavy (non-hydrogen) atoms.